The molecule has 0 saturated carbocycles. The monoisotopic (exact) mass is 369 g/mol. The summed E-state index contributed by atoms with van der Waals surface area (Å²) in [4.78, 5) is 12.3. The van der Waals surface area contributed by atoms with Gasteiger partial charge >= 0.3 is 6.18 Å². The van der Waals surface area contributed by atoms with Gasteiger partial charge in [-0.2, -0.15) is 19.1 Å². The maximum absolute atomic E-state index is 13.0. The first-order valence-electron chi connectivity index (χ1n) is 6.75. The summed E-state index contributed by atoms with van der Waals surface area (Å²) in [6.45, 7) is 0. The van der Waals surface area contributed by atoms with Crippen molar-refractivity contribution in [3.05, 3.63) is 54.5 Å². The molecule has 0 radical (unpaired) electrons. The molecular weight excluding hydrogens is 359 g/mol. The number of nitrogens with two attached hydrogens (primary N) is 1. The number of alkyl halides is 3. The van der Waals surface area contributed by atoms with Crippen LogP contribution in [0.3, 0.4) is 0 Å². The van der Waals surface area contributed by atoms with E-state index in [1.165, 1.54) is 6.20 Å². The van der Waals surface area contributed by atoms with Gasteiger partial charge in [0.15, 0.2) is 5.82 Å². The zero-order valence-electron chi connectivity index (χ0n) is 12.3. The van der Waals surface area contributed by atoms with E-state index in [0.29, 0.717) is 10.6 Å². The van der Waals surface area contributed by atoms with E-state index < -0.39 is 12.0 Å². The summed E-state index contributed by atoms with van der Waals surface area (Å²) >= 11 is 0.849. The van der Waals surface area contributed by atoms with Crippen LogP contribution in [0.25, 0.3) is 17.2 Å². The van der Waals surface area contributed by atoms with Crippen LogP contribution in [-0.2, 0) is 15.5 Å². The van der Waals surface area contributed by atoms with Crippen molar-refractivity contribution in [3.8, 4) is 17.2 Å². The summed E-state index contributed by atoms with van der Waals surface area (Å²) in [5.74, 6) is 3.48. The molecule has 0 unspecified atom stereocenters. The van der Waals surface area contributed by atoms with Gasteiger partial charge in [-0.15, -0.1) is 14.4 Å². The van der Waals surface area contributed by atoms with Gasteiger partial charge in [0.1, 0.15) is 5.69 Å². The highest BCUT2D eigenvalue weighted by molar-refractivity contribution is 7.94. The average molecular weight is 369 g/mol. The van der Waals surface area contributed by atoms with Gasteiger partial charge in [0, 0.05) is 11.1 Å². The van der Waals surface area contributed by atoms with Crippen molar-refractivity contribution < 1.29 is 22.5 Å². The lowest BCUT2D eigenvalue weighted by Crippen LogP contribution is -2.08. The van der Waals surface area contributed by atoms with E-state index in [-0.39, 0.29) is 11.5 Å². The first-order valence-corrected chi connectivity index (χ1v) is 7.49. The van der Waals surface area contributed by atoms with Gasteiger partial charge in [-0.25, -0.2) is 9.67 Å². The molecule has 0 bridgehead atoms. The van der Waals surface area contributed by atoms with E-state index in [0.717, 1.165) is 16.7 Å². The van der Waals surface area contributed by atoms with E-state index in [2.05, 4.69) is 24.4 Å². The molecule has 1 aromatic carbocycles. The molecule has 11 heteroatoms. The quantitative estimate of drug-likeness (QED) is 0.420. The fourth-order valence-corrected chi connectivity index (χ4v) is 2.34. The summed E-state index contributed by atoms with van der Waals surface area (Å²) in [6.07, 6.45) is -3.21. The second-order valence-electron chi connectivity index (χ2n) is 4.63. The minimum Gasteiger partial charge on any atom is -0.253 e. The summed E-state index contributed by atoms with van der Waals surface area (Å²) in [7, 11) is 0. The number of hydrogen-bond acceptors (Lipinski definition) is 7. The van der Waals surface area contributed by atoms with E-state index >= 15 is 0 Å². The van der Waals surface area contributed by atoms with E-state index in [1.54, 1.807) is 42.5 Å². The smallest absolute Gasteiger partial charge is 0.253 e. The van der Waals surface area contributed by atoms with Gasteiger partial charge in [0.2, 0.25) is 0 Å². The minimum atomic E-state index is -4.67. The van der Waals surface area contributed by atoms with Crippen molar-refractivity contribution in [3.63, 3.8) is 0 Å². The Labute approximate surface area is 143 Å². The van der Waals surface area contributed by atoms with Crippen molar-refractivity contribution in [1.82, 2.24) is 19.7 Å². The molecule has 130 valence electrons. The second-order valence-corrected chi connectivity index (χ2v) is 5.40. The Balaban J connectivity index is 2.03. The van der Waals surface area contributed by atoms with Crippen LogP contribution in [-0.4, -0.2) is 19.7 Å². The van der Waals surface area contributed by atoms with E-state index in [4.69, 9.17) is 5.90 Å². The lowest BCUT2D eigenvalue weighted by Gasteiger charge is -2.06. The SMILES string of the molecule is NOOSc1ccc(-n2nc(C(F)(F)F)nc2-c2ccccn2)cc1. The van der Waals surface area contributed by atoms with Crippen molar-refractivity contribution in [2.45, 2.75) is 11.1 Å². The van der Waals surface area contributed by atoms with Crippen LogP contribution in [0.5, 0.6) is 0 Å². The van der Waals surface area contributed by atoms with E-state index in [9.17, 15) is 13.2 Å². The number of rotatable bonds is 5. The third kappa shape index (κ3) is 3.96. The molecule has 0 aliphatic heterocycles. The highest BCUT2D eigenvalue weighted by atomic mass is 32.2. The lowest BCUT2D eigenvalue weighted by atomic mass is 10.3. The molecule has 2 aromatic heterocycles. The summed E-state index contributed by atoms with van der Waals surface area (Å²) < 4.78 is 44.6. The highest BCUT2D eigenvalue weighted by Crippen LogP contribution is 2.30. The van der Waals surface area contributed by atoms with Gasteiger partial charge in [-0.3, -0.25) is 4.98 Å². The second kappa shape index (κ2) is 7.19. The van der Waals surface area contributed by atoms with Crippen molar-refractivity contribution in [2.75, 3.05) is 0 Å². The van der Waals surface area contributed by atoms with Crippen molar-refractivity contribution in [2.24, 2.45) is 5.90 Å². The Hall–Kier alpha value is -2.47. The number of hydrogen-bond donors (Lipinski definition) is 1. The molecule has 3 rings (SSSR count). The molecule has 0 atom stereocenters. The van der Waals surface area contributed by atoms with Crippen LogP contribution in [0.4, 0.5) is 13.2 Å². The number of aromatic nitrogens is 4. The van der Waals surface area contributed by atoms with Gasteiger partial charge in [0.05, 0.1) is 17.7 Å². The average Bonchev–Trinajstić information content (AvgIpc) is 3.07. The summed E-state index contributed by atoms with van der Waals surface area (Å²) in [6, 6.07) is 11.2. The Morgan fingerprint density at radius 3 is 2.44 bits per heavy atom. The maximum atomic E-state index is 13.0. The maximum Gasteiger partial charge on any atom is 0.453 e. The molecule has 0 fully saturated rings. The molecule has 25 heavy (non-hydrogen) atoms. The Bertz CT molecular complexity index is 840. The number of nitrogens with zero attached hydrogens (tertiary/aromatic N) is 4. The van der Waals surface area contributed by atoms with Gasteiger partial charge in [-0.05, 0) is 36.4 Å². The molecular formula is C14H10F3N5O2S. The number of halogens is 3. The first kappa shape index (κ1) is 17.4. The third-order valence-electron chi connectivity index (χ3n) is 3.01. The lowest BCUT2D eigenvalue weighted by molar-refractivity contribution is -0.195. The molecule has 3 aromatic rings. The highest BCUT2D eigenvalue weighted by Gasteiger charge is 2.37. The number of benzene rings is 1. The van der Waals surface area contributed by atoms with E-state index in [1.807, 2.05) is 0 Å². The largest absolute Gasteiger partial charge is 0.453 e. The summed E-state index contributed by atoms with van der Waals surface area (Å²) in [5.41, 5.74) is 0.644. The van der Waals surface area contributed by atoms with Crippen LogP contribution in [0.15, 0.2) is 53.6 Å². The fourth-order valence-electron chi connectivity index (χ4n) is 1.97. The fraction of sp³-hybridized carbons (Fsp3) is 0.0714. The minimum absolute atomic E-state index is 0.0186. The van der Waals surface area contributed by atoms with Crippen LogP contribution in [0, 0.1) is 0 Å². The zero-order valence-corrected chi connectivity index (χ0v) is 13.2. The first-order chi connectivity index (χ1) is 12.0. The molecule has 0 aliphatic rings. The normalized spacial score (nSPS) is 11.7. The van der Waals surface area contributed by atoms with Gasteiger partial charge in [-0.1, -0.05) is 6.07 Å². The standard InChI is InChI=1S/C14H10F3N5O2S/c15-14(16,17)13-20-12(11-3-1-2-8-19-11)22(21-13)9-4-6-10(7-5-9)25-24-23-18/h1-8H,18H2. The van der Waals surface area contributed by atoms with Gasteiger partial charge < -0.3 is 0 Å². The molecule has 7 nitrogen and oxygen atoms in total. The van der Waals surface area contributed by atoms with Gasteiger partial charge in [0.25, 0.3) is 5.82 Å². The Morgan fingerprint density at radius 2 is 1.84 bits per heavy atom. The Morgan fingerprint density at radius 1 is 1.08 bits per heavy atom. The zero-order chi connectivity index (χ0) is 17.9. The van der Waals surface area contributed by atoms with Crippen LogP contribution < -0.4 is 5.90 Å². The predicted molar refractivity (Wildman–Crippen MR) is 81.8 cm³/mol. The third-order valence-corrected chi connectivity index (χ3v) is 3.62. The molecule has 2 N–H and O–H groups in total. The number of pyridine rings is 1. The van der Waals surface area contributed by atoms with Crippen molar-refractivity contribution in [1.29, 1.82) is 0 Å². The summed E-state index contributed by atoms with van der Waals surface area (Å²) in [5, 5.41) is 3.58. The molecule has 2 heterocycles. The van der Waals surface area contributed by atoms with Crippen LogP contribution in [0.2, 0.25) is 0 Å². The molecule has 0 spiro atoms. The molecule has 0 amide bonds. The Kier molecular flexibility index (Phi) is 4.99. The molecule has 0 saturated heterocycles. The van der Waals surface area contributed by atoms with Crippen molar-refractivity contribution >= 4 is 12.0 Å². The topological polar surface area (TPSA) is 88.1 Å². The molecule has 0 aliphatic carbocycles. The predicted octanol–water partition coefficient (Wildman–Crippen LogP) is 3.18. The van der Waals surface area contributed by atoms with Crippen LogP contribution in [0.1, 0.15) is 5.82 Å². The van der Waals surface area contributed by atoms with Crippen LogP contribution >= 0.6 is 12.0 Å².